The minimum Gasteiger partial charge on any atom is -0.333 e. The maximum atomic E-state index is 4.07. The van der Waals surface area contributed by atoms with Crippen molar-refractivity contribution in [3.05, 3.63) is 40.1 Å². The van der Waals surface area contributed by atoms with Crippen LogP contribution in [0.15, 0.2) is 24.8 Å². The van der Waals surface area contributed by atoms with Gasteiger partial charge in [-0.15, -0.1) is 11.3 Å². The Kier molecular flexibility index (Phi) is 4.34. The van der Waals surface area contributed by atoms with Crippen LogP contribution in [-0.4, -0.2) is 16.1 Å². The summed E-state index contributed by atoms with van der Waals surface area (Å²) in [5, 5.41) is 3.44. The van der Waals surface area contributed by atoms with Crippen LogP contribution in [0.2, 0.25) is 0 Å². The molecule has 0 spiro atoms. The third-order valence-corrected chi connectivity index (χ3v) is 3.80. The number of aromatic nitrogens is 2. The van der Waals surface area contributed by atoms with Crippen molar-refractivity contribution < 1.29 is 0 Å². The lowest BCUT2D eigenvalue weighted by Gasteiger charge is -2.00. The minimum absolute atomic E-state index is 0.927. The second kappa shape index (κ2) is 5.98. The SMILES string of the molecule is CCCNCc1cc(Cn2ccnc2)c(C)s1. The van der Waals surface area contributed by atoms with Gasteiger partial charge in [0, 0.05) is 35.2 Å². The highest BCUT2D eigenvalue weighted by Gasteiger charge is 2.05. The lowest BCUT2D eigenvalue weighted by Crippen LogP contribution is -2.12. The van der Waals surface area contributed by atoms with E-state index in [1.54, 1.807) is 0 Å². The molecule has 92 valence electrons. The number of nitrogens with zero attached hydrogens (tertiary/aromatic N) is 2. The van der Waals surface area contributed by atoms with Gasteiger partial charge in [-0.2, -0.15) is 0 Å². The Morgan fingerprint density at radius 1 is 1.47 bits per heavy atom. The van der Waals surface area contributed by atoms with E-state index in [4.69, 9.17) is 0 Å². The maximum Gasteiger partial charge on any atom is 0.0949 e. The average Bonchev–Trinajstić information content (AvgIpc) is 2.91. The van der Waals surface area contributed by atoms with Crippen molar-refractivity contribution in [1.29, 1.82) is 0 Å². The summed E-state index contributed by atoms with van der Waals surface area (Å²) in [6, 6.07) is 2.31. The van der Waals surface area contributed by atoms with Crippen LogP contribution in [0.5, 0.6) is 0 Å². The molecule has 2 aromatic heterocycles. The van der Waals surface area contributed by atoms with E-state index in [0.29, 0.717) is 0 Å². The summed E-state index contributed by atoms with van der Waals surface area (Å²) >= 11 is 1.89. The summed E-state index contributed by atoms with van der Waals surface area (Å²) in [5.41, 5.74) is 1.40. The number of aryl methyl sites for hydroxylation is 1. The van der Waals surface area contributed by atoms with Gasteiger partial charge in [0.1, 0.15) is 0 Å². The normalized spacial score (nSPS) is 10.9. The average molecular weight is 249 g/mol. The molecule has 0 atom stereocenters. The largest absolute Gasteiger partial charge is 0.333 e. The van der Waals surface area contributed by atoms with Crippen molar-refractivity contribution >= 4 is 11.3 Å². The molecule has 0 bridgehead atoms. The molecule has 1 N–H and O–H groups in total. The van der Waals surface area contributed by atoms with Crippen molar-refractivity contribution in [2.45, 2.75) is 33.4 Å². The van der Waals surface area contributed by atoms with Gasteiger partial charge >= 0.3 is 0 Å². The third-order valence-electron chi connectivity index (χ3n) is 2.71. The number of hydrogen-bond acceptors (Lipinski definition) is 3. The van der Waals surface area contributed by atoms with E-state index in [0.717, 1.165) is 19.6 Å². The molecule has 17 heavy (non-hydrogen) atoms. The number of thiophene rings is 1. The molecule has 0 radical (unpaired) electrons. The molecule has 0 aliphatic carbocycles. The standard InChI is InChI=1S/C13H19N3S/c1-3-4-14-8-13-7-12(11(2)17-13)9-16-6-5-15-10-16/h5-7,10,14H,3-4,8-9H2,1-2H3. The van der Waals surface area contributed by atoms with Gasteiger partial charge < -0.3 is 9.88 Å². The summed E-state index contributed by atoms with van der Waals surface area (Å²) in [7, 11) is 0. The Morgan fingerprint density at radius 2 is 2.35 bits per heavy atom. The van der Waals surface area contributed by atoms with E-state index < -0.39 is 0 Å². The number of imidazole rings is 1. The predicted molar refractivity (Wildman–Crippen MR) is 72.4 cm³/mol. The van der Waals surface area contributed by atoms with Crippen molar-refractivity contribution in [2.75, 3.05) is 6.54 Å². The van der Waals surface area contributed by atoms with E-state index >= 15 is 0 Å². The quantitative estimate of drug-likeness (QED) is 0.798. The molecule has 4 heteroatoms. The van der Waals surface area contributed by atoms with E-state index in [9.17, 15) is 0 Å². The zero-order valence-corrected chi connectivity index (χ0v) is 11.3. The second-order valence-corrected chi connectivity index (χ2v) is 5.55. The second-order valence-electron chi connectivity index (χ2n) is 4.21. The molecule has 0 unspecified atom stereocenters. The van der Waals surface area contributed by atoms with Crippen molar-refractivity contribution in [3.8, 4) is 0 Å². The summed E-state index contributed by atoms with van der Waals surface area (Å²) in [6.07, 6.45) is 6.88. The van der Waals surface area contributed by atoms with Gasteiger partial charge in [-0.25, -0.2) is 4.98 Å². The highest BCUT2D eigenvalue weighted by molar-refractivity contribution is 7.12. The minimum atomic E-state index is 0.927. The first kappa shape index (κ1) is 12.3. The molecule has 2 aromatic rings. The Morgan fingerprint density at radius 3 is 3.06 bits per heavy atom. The third kappa shape index (κ3) is 3.41. The van der Waals surface area contributed by atoms with Crippen LogP contribution in [0.3, 0.4) is 0 Å². The zero-order valence-electron chi connectivity index (χ0n) is 10.4. The van der Waals surface area contributed by atoms with E-state index in [1.807, 2.05) is 30.1 Å². The molecule has 0 saturated heterocycles. The van der Waals surface area contributed by atoms with Gasteiger partial charge in [0.2, 0.25) is 0 Å². The molecule has 0 amide bonds. The molecule has 0 aromatic carbocycles. The van der Waals surface area contributed by atoms with Crippen molar-refractivity contribution in [2.24, 2.45) is 0 Å². The van der Waals surface area contributed by atoms with Crippen LogP contribution in [0.4, 0.5) is 0 Å². The van der Waals surface area contributed by atoms with E-state index in [-0.39, 0.29) is 0 Å². The van der Waals surface area contributed by atoms with Gasteiger partial charge in [-0.1, -0.05) is 6.92 Å². The van der Waals surface area contributed by atoms with E-state index in [2.05, 4.69) is 34.8 Å². The van der Waals surface area contributed by atoms with Crippen LogP contribution in [-0.2, 0) is 13.1 Å². The van der Waals surface area contributed by atoms with Gasteiger partial charge in [0.05, 0.1) is 6.33 Å². The first-order valence-electron chi connectivity index (χ1n) is 6.04. The Labute approximate surface area is 107 Å². The number of nitrogens with one attached hydrogen (secondary N) is 1. The highest BCUT2D eigenvalue weighted by Crippen LogP contribution is 2.22. The topological polar surface area (TPSA) is 29.9 Å². The van der Waals surface area contributed by atoms with Gasteiger partial charge in [0.25, 0.3) is 0 Å². The molecule has 0 aliphatic rings. The van der Waals surface area contributed by atoms with Crippen LogP contribution in [0.25, 0.3) is 0 Å². The lowest BCUT2D eigenvalue weighted by atomic mass is 10.2. The highest BCUT2D eigenvalue weighted by atomic mass is 32.1. The Hall–Kier alpha value is -1.13. The van der Waals surface area contributed by atoms with E-state index in [1.165, 1.54) is 21.7 Å². The zero-order chi connectivity index (χ0) is 12.1. The molecular weight excluding hydrogens is 230 g/mol. The molecule has 3 nitrogen and oxygen atoms in total. The van der Waals surface area contributed by atoms with Gasteiger partial charge in [-0.05, 0) is 31.5 Å². The first-order valence-corrected chi connectivity index (χ1v) is 6.86. The Balaban J connectivity index is 1.98. The fourth-order valence-electron chi connectivity index (χ4n) is 1.80. The van der Waals surface area contributed by atoms with Crippen molar-refractivity contribution in [1.82, 2.24) is 14.9 Å². The van der Waals surface area contributed by atoms with Crippen LogP contribution in [0, 0.1) is 6.92 Å². The molecule has 0 aliphatic heterocycles. The monoisotopic (exact) mass is 249 g/mol. The summed E-state index contributed by atoms with van der Waals surface area (Å²) < 4.78 is 2.11. The van der Waals surface area contributed by atoms with Crippen LogP contribution in [0.1, 0.15) is 28.7 Å². The summed E-state index contributed by atoms with van der Waals surface area (Å²) in [6.45, 7) is 7.39. The maximum absolute atomic E-state index is 4.07. The first-order chi connectivity index (χ1) is 8.29. The predicted octanol–water partition coefficient (Wildman–Crippen LogP) is 2.80. The molecule has 2 heterocycles. The molecular formula is C13H19N3S. The molecule has 0 saturated carbocycles. The lowest BCUT2D eigenvalue weighted by molar-refractivity contribution is 0.681. The smallest absolute Gasteiger partial charge is 0.0949 e. The number of hydrogen-bond donors (Lipinski definition) is 1. The van der Waals surface area contributed by atoms with Crippen molar-refractivity contribution in [3.63, 3.8) is 0 Å². The molecule has 0 fully saturated rings. The summed E-state index contributed by atoms with van der Waals surface area (Å²) in [4.78, 5) is 6.90. The van der Waals surface area contributed by atoms with Crippen LogP contribution < -0.4 is 5.32 Å². The fraction of sp³-hybridized carbons (Fsp3) is 0.462. The summed E-state index contributed by atoms with van der Waals surface area (Å²) in [5.74, 6) is 0. The van der Waals surface area contributed by atoms with Gasteiger partial charge in [0.15, 0.2) is 0 Å². The Bertz CT molecular complexity index is 445. The van der Waals surface area contributed by atoms with Gasteiger partial charge in [-0.3, -0.25) is 0 Å². The molecule has 2 rings (SSSR count). The van der Waals surface area contributed by atoms with Crippen LogP contribution >= 0.6 is 11.3 Å². The number of rotatable bonds is 6. The fourth-order valence-corrected chi connectivity index (χ4v) is 2.82.